The fraction of sp³-hybridized carbons (Fsp3) is 0.462. The normalized spacial score (nSPS) is 16.8. The summed E-state index contributed by atoms with van der Waals surface area (Å²) in [5.41, 5.74) is 0.455. The molecule has 1 N–H and O–H groups in total. The molecule has 1 aliphatic heterocycles. The Morgan fingerprint density at radius 3 is 2.86 bits per heavy atom. The molecule has 22 heavy (non-hydrogen) atoms. The summed E-state index contributed by atoms with van der Waals surface area (Å²) in [4.78, 5) is 0. The number of halogens is 1. The summed E-state index contributed by atoms with van der Waals surface area (Å²) in [6, 6.07) is 3.05. The van der Waals surface area contributed by atoms with Crippen molar-refractivity contribution in [2.24, 2.45) is 5.92 Å². The Morgan fingerprint density at radius 1 is 1.41 bits per heavy atom. The van der Waals surface area contributed by atoms with Crippen LogP contribution in [0, 0.1) is 5.92 Å². The highest BCUT2D eigenvalue weighted by Gasteiger charge is 2.19. The van der Waals surface area contributed by atoms with Crippen LogP contribution in [0.5, 0.6) is 0 Å². The molecule has 0 aliphatic carbocycles. The van der Waals surface area contributed by atoms with Crippen LogP contribution in [0.3, 0.4) is 0 Å². The van der Waals surface area contributed by atoms with Crippen molar-refractivity contribution in [1.29, 1.82) is 0 Å². The predicted molar refractivity (Wildman–Crippen MR) is 85.9 cm³/mol. The number of hydrogen-bond acceptors (Lipinski definition) is 5. The van der Waals surface area contributed by atoms with Gasteiger partial charge in [0, 0.05) is 26.0 Å². The number of thiophene rings is 1. The Labute approximate surface area is 138 Å². The summed E-state index contributed by atoms with van der Waals surface area (Å²) >= 11 is 6.80. The molecule has 1 saturated heterocycles. The highest BCUT2D eigenvalue weighted by molar-refractivity contribution is 7.94. The SMILES string of the molecule is O=S(=O)(Nc1cnn(CC2CCOCC2)c1)c1ccc(Cl)s1. The van der Waals surface area contributed by atoms with Crippen molar-refractivity contribution in [3.63, 3.8) is 0 Å². The van der Waals surface area contributed by atoms with E-state index in [1.165, 1.54) is 12.3 Å². The van der Waals surface area contributed by atoms with Gasteiger partial charge in [-0.15, -0.1) is 11.3 Å². The molecule has 0 atom stereocenters. The molecule has 3 rings (SSSR count). The van der Waals surface area contributed by atoms with Crippen LogP contribution in [0.4, 0.5) is 5.69 Å². The van der Waals surface area contributed by atoms with Gasteiger partial charge in [-0.2, -0.15) is 5.10 Å². The molecule has 0 aromatic carbocycles. The first kappa shape index (κ1) is 15.8. The Balaban J connectivity index is 1.66. The van der Waals surface area contributed by atoms with Crippen molar-refractivity contribution in [2.45, 2.75) is 23.6 Å². The van der Waals surface area contributed by atoms with Crippen LogP contribution in [0.2, 0.25) is 4.34 Å². The first-order valence-corrected chi connectivity index (χ1v) is 9.59. The first-order valence-electron chi connectivity index (χ1n) is 6.91. The second kappa shape index (κ2) is 6.57. The van der Waals surface area contributed by atoms with E-state index in [1.807, 2.05) is 0 Å². The number of hydrogen-bond donors (Lipinski definition) is 1. The molecule has 2 aromatic rings. The number of nitrogens with one attached hydrogen (secondary N) is 1. The molecular weight excluding hydrogens is 346 g/mol. The minimum atomic E-state index is -3.60. The van der Waals surface area contributed by atoms with E-state index in [0.717, 1.165) is 43.9 Å². The van der Waals surface area contributed by atoms with Gasteiger partial charge >= 0.3 is 0 Å². The standard InChI is InChI=1S/C13H16ClN3O3S2/c14-12-1-2-13(21-12)22(18,19)16-11-7-15-17(9-11)8-10-3-5-20-6-4-10/h1-2,7,9-10,16H,3-6,8H2. The van der Waals surface area contributed by atoms with Crippen LogP contribution in [0.15, 0.2) is 28.7 Å². The zero-order chi connectivity index (χ0) is 15.6. The van der Waals surface area contributed by atoms with Gasteiger partial charge in [-0.05, 0) is 30.9 Å². The number of rotatable bonds is 5. The Bertz CT molecular complexity index is 735. The smallest absolute Gasteiger partial charge is 0.271 e. The number of ether oxygens (including phenoxy) is 1. The Morgan fingerprint density at radius 2 is 2.18 bits per heavy atom. The van der Waals surface area contributed by atoms with E-state index in [0.29, 0.717) is 15.9 Å². The van der Waals surface area contributed by atoms with E-state index in [2.05, 4.69) is 9.82 Å². The third kappa shape index (κ3) is 3.81. The molecular formula is C13H16ClN3O3S2. The molecule has 0 spiro atoms. The largest absolute Gasteiger partial charge is 0.381 e. The lowest BCUT2D eigenvalue weighted by atomic mass is 10.0. The van der Waals surface area contributed by atoms with Gasteiger partial charge in [0.1, 0.15) is 4.21 Å². The Hall–Kier alpha value is -1.09. The fourth-order valence-electron chi connectivity index (χ4n) is 2.36. The van der Waals surface area contributed by atoms with Crippen LogP contribution in [-0.4, -0.2) is 31.4 Å². The summed E-state index contributed by atoms with van der Waals surface area (Å²) < 4.78 is 34.7. The number of nitrogens with zero attached hydrogens (tertiary/aromatic N) is 2. The molecule has 1 fully saturated rings. The second-order valence-corrected chi connectivity index (χ2v) is 8.80. The predicted octanol–water partition coefficient (Wildman–Crippen LogP) is 2.83. The molecule has 0 saturated carbocycles. The molecule has 2 aromatic heterocycles. The summed E-state index contributed by atoms with van der Waals surface area (Å²) in [6.07, 6.45) is 5.25. The van der Waals surface area contributed by atoms with Gasteiger partial charge in [-0.25, -0.2) is 8.42 Å². The highest BCUT2D eigenvalue weighted by Crippen LogP contribution is 2.27. The lowest BCUT2D eigenvalue weighted by molar-refractivity contribution is 0.0601. The van der Waals surface area contributed by atoms with Crippen LogP contribution in [0.1, 0.15) is 12.8 Å². The topological polar surface area (TPSA) is 73.2 Å². The average Bonchev–Trinajstić information content (AvgIpc) is 3.09. The van der Waals surface area contributed by atoms with Gasteiger partial charge in [-0.3, -0.25) is 9.40 Å². The summed E-state index contributed by atoms with van der Waals surface area (Å²) in [5, 5.41) is 4.22. The lowest BCUT2D eigenvalue weighted by Gasteiger charge is -2.21. The van der Waals surface area contributed by atoms with Gasteiger partial charge < -0.3 is 4.74 Å². The van der Waals surface area contributed by atoms with Gasteiger partial charge in [0.2, 0.25) is 0 Å². The number of aromatic nitrogens is 2. The maximum absolute atomic E-state index is 12.2. The molecule has 6 nitrogen and oxygen atoms in total. The highest BCUT2D eigenvalue weighted by atomic mass is 35.5. The minimum Gasteiger partial charge on any atom is -0.381 e. The van der Waals surface area contributed by atoms with Crippen molar-refractivity contribution >= 4 is 38.6 Å². The molecule has 0 radical (unpaired) electrons. The van der Waals surface area contributed by atoms with Crippen molar-refractivity contribution in [1.82, 2.24) is 9.78 Å². The lowest BCUT2D eigenvalue weighted by Crippen LogP contribution is -2.20. The van der Waals surface area contributed by atoms with Gasteiger partial charge in [0.05, 0.1) is 16.2 Å². The van der Waals surface area contributed by atoms with Crippen molar-refractivity contribution in [3.8, 4) is 0 Å². The average molecular weight is 362 g/mol. The minimum absolute atomic E-state index is 0.190. The van der Waals surface area contributed by atoms with E-state index in [-0.39, 0.29) is 4.21 Å². The van der Waals surface area contributed by atoms with Gasteiger partial charge in [0.15, 0.2) is 0 Å². The van der Waals surface area contributed by atoms with Crippen molar-refractivity contribution < 1.29 is 13.2 Å². The fourth-order valence-corrected chi connectivity index (χ4v) is 4.87. The first-order chi connectivity index (χ1) is 10.5. The molecule has 0 amide bonds. The van der Waals surface area contributed by atoms with E-state index in [4.69, 9.17) is 16.3 Å². The molecule has 0 unspecified atom stereocenters. The van der Waals surface area contributed by atoms with Gasteiger partial charge in [-0.1, -0.05) is 11.6 Å². The second-order valence-electron chi connectivity index (χ2n) is 5.17. The quantitative estimate of drug-likeness (QED) is 0.888. The van der Waals surface area contributed by atoms with E-state index in [9.17, 15) is 8.42 Å². The van der Waals surface area contributed by atoms with Crippen LogP contribution in [-0.2, 0) is 21.3 Å². The third-order valence-electron chi connectivity index (χ3n) is 3.48. The zero-order valence-electron chi connectivity index (χ0n) is 11.7. The van der Waals surface area contributed by atoms with Crippen molar-refractivity contribution in [3.05, 3.63) is 28.9 Å². The summed E-state index contributed by atoms with van der Waals surface area (Å²) in [7, 11) is -3.60. The molecule has 9 heteroatoms. The molecule has 120 valence electrons. The van der Waals surface area contributed by atoms with E-state index >= 15 is 0 Å². The van der Waals surface area contributed by atoms with E-state index < -0.39 is 10.0 Å². The van der Waals surface area contributed by atoms with Crippen molar-refractivity contribution in [2.75, 3.05) is 17.9 Å². The number of sulfonamides is 1. The molecule has 3 heterocycles. The summed E-state index contributed by atoms with van der Waals surface area (Å²) in [6.45, 7) is 2.34. The zero-order valence-corrected chi connectivity index (χ0v) is 14.1. The summed E-state index contributed by atoms with van der Waals surface area (Å²) in [5.74, 6) is 0.522. The monoisotopic (exact) mass is 361 g/mol. The Kier molecular flexibility index (Phi) is 4.72. The van der Waals surface area contributed by atoms with E-state index in [1.54, 1.807) is 16.9 Å². The maximum atomic E-state index is 12.2. The third-order valence-corrected chi connectivity index (χ3v) is 6.59. The number of anilines is 1. The molecule has 1 aliphatic rings. The van der Waals surface area contributed by atoms with Gasteiger partial charge in [0.25, 0.3) is 10.0 Å². The van der Waals surface area contributed by atoms with Crippen LogP contribution in [0.25, 0.3) is 0 Å². The maximum Gasteiger partial charge on any atom is 0.271 e. The molecule has 0 bridgehead atoms. The van der Waals surface area contributed by atoms with Crippen LogP contribution < -0.4 is 4.72 Å². The van der Waals surface area contributed by atoms with Crippen LogP contribution >= 0.6 is 22.9 Å².